The molecule has 0 amide bonds. The zero-order chi connectivity index (χ0) is 13.2. The largest absolute Gasteiger partial charge is 0.388 e. The van der Waals surface area contributed by atoms with E-state index in [9.17, 15) is 10.4 Å². The van der Waals surface area contributed by atoms with Crippen LogP contribution in [-0.4, -0.2) is 10.7 Å². The second-order valence-electron chi connectivity index (χ2n) is 5.45. The van der Waals surface area contributed by atoms with Gasteiger partial charge in [-0.2, -0.15) is 5.26 Å². The van der Waals surface area contributed by atoms with E-state index in [-0.39, 0.29) is 0 Å². The molecule has 18 heavy (non-hydrogen) atoms. The zero-order valence-electron chi connectivity index (χ0n) is 11.2. The van der Waals surface area contributed by atoms with Crippen molar-refractivity contribution in [3.05, 3.63) is 35.4 Å². The maximum Gasteiger partial charge on any atom is 0.0940 e. The van der Waals surface area contributed by atoms with Crippen molar-refractivity contribution in [2.45, 2.75) is 51.6 Å². The van der Waals surface area contributed by atoms with Gasteiger partial charge in [0.2, 0.25) is 0 Å². The van der Waals surface area contributed by atoms with E-state index < -0.39 is 11.0 Å². The summed E-state index contributed by atoms with van der Waals surface area (Å²) in [6, 6.07) is 10.6. The molecule has 2 nitrogen and oxygen atoms in total. The van der Waals surface area contributed by atoms with Gasteiger partial charge in [0.25, 0.3) is 0 Å². The number of hydrogen-bond donors (Lipinski definition) is 1. The zero-order valence-corrected chi connectivity index (χ0v) is 11.2. The molecule has 0 aliphatic heterocycles. The Hall–Kier alpha value is -1.33. The van der Waals surface area contributed by atoms with Crippen molar-refractivity contribution >= 4 is 0 Å². The molecule has 2 rings (SSSR count). The number of rotatable bonds is 4. The lowest BCUT2D eigenvalue weighted by molar-refractivity contribution is -0.0618. The lowest BCUT2D eigenvalue weighted by Gasteiger charge is -2.39. The normalized spacial score (nSPS) is 19.9. The van der Waals surface area contributed by atoms with Crippen LogP contribution in [0.3, 0.4) is 0 Å². The summed E-state index contributed by atoms with van der Waals surface area (Å²) in [5.74, 6) is 0. The van der Waals surface area contributed by atoms with Crippen LogP contribution in [-0.2, 0) is 12.8 Å². The fourth-order valence-electron chi connectivity index (χ4n) is 3.30. The first-order valence-electron chi connectivity index (χ1n) is 6.81. The Morgan fingerprint density at radius 3 is 2.22 bits per heavy atom. The maximum absolute atomic E-state index is 10.9. The fourth-order valence-corrected chi connectivity index (χ4v) is 3.30. The van der Waals surface area contributed by atoms with Crippen LogP contribution in [0.25, 0.3) is 0 Å². The molecule has 1 unspecified atom stereocenters. The number of nitriles is 1. The highest BCUT2D eigenvalue weighted by atomic mass is 16.3. The molecule has 0 spiro atoms. The average molecular weight is 243 g/mol. The van der Waals surface area contributed by atoms with E-state index >= 15 is 0 Å². The minimum absolute atomic E-state index is 0.637. The summed E-state index contributed by atoms with van der Waals surface area (Å²) in [6.45, 7) is 4.05. The van der Waals surface area contributed by atoms with Crippen LogP contribution in [0.4, 0.5) is 0 Å². The summed E-state index contributed by atoms with van der Waals surface area (Å²) in [7, 11) is 0. The molecule has 1 aliphatic carbocycles. The molecule has 0 bridgehead atoms. The van der Waals surface area contributed by atoms with Crippen molar-refractivity contribution in [1.82, 2.24) is 0 Å². The molecular weight excluding hydrogens is 222 g/mol. The standard InChI is InChI=1S/C16H21NO/c1-3-9-16(18,4-2)15(12-17)10-13-7-5-6-8-14(13)11-15/h5-8,18H,3-4,9-11H2,1-2H3. The first-order chi connectivity index (χ1) is 8.61. The van der Waals surface area contributed by atoms with Gasteiger partial charge in [-0.1, -0.05) is 44.5 Å². The highest BCUT2D eigenvalue weighted by Gasteiger charge is 2.52. The molecule has 0 aromatic heterocycles. The van der Waals surface area contributed by atoms with Gasteiger partial charge in [0, 0.05) is 0 Å². The number of nitrogens with zero attached hydrogens (tertiary/aromatic N) is 1. The Morgan fingerprint density at radius 1 is 1.28 bits per heavy atom. The van der Waals surface area contributed by atoms with E-state index in [0.717, 1.165) is 6.42 Å². The fraction of sp³-hybridized carbons (Fsp3) is 0.562. The van der Waals surface area contributed by atoms with Gasteiger partial charge in [-0.15, -0.1) is 0 Å². The molecule has 96 valence electrons. The summed E-state index contributed by atoms with van der Waals surface area (Å²) in [4.78, 5) is 0. The molecule has 0 saturated carbocycles. The molecule has 1 aliphatic rings. The molecular formula is C16H21NO. The van der Waals surface area contributed by atoms with Gasteiger partial charge >= 0.3 is 0 Å². The smallest absolute Gasteiger partial charge is 0.0940 e. The van der Waals surface area contributed by atoms with Crippen molar-refractivity contribution < 1.29 is 5.11 Å². The molecule has 0 fully saturated rings. The first-order valence-corrected chi connectivity index (χ1v) is 6.81. The van der Waals surface area contributed by atoms with E-state index in [0.29, 0.717) is 25.7 Å². The summed E-state index contributed by atoms with van der Waals surface area (Å²) < 4.78 is 0. The highest BCUT2D eigenvalue weighted by Crippen LogP contribution is 2.47. The minimum atomic E-state index is -0.866. The predicted molar refractivity (Wildman–Crippen MR) is 72.0 cm³/mol. The van der Waals surface area contributed by atoms with Crippen LogP contribution < -0.4 is 0 Å². The number of aliphatic hydroxyl groups is 1. The van der Waals surface area contributed by atoms with Gasteiger partial charge in [0.05, 0.1) is 17.1 Å². The van der Waals surface area contributed by atoms with E-state index in [1.165, 1.54) is 11.1 Å². The van der Waals surface area contributed by atoms with Crippen LogP contribution in [0.5, 0.6) is 0 Å². The monoisotopic (exact) mass is 243 g/mol. The second-order valence-corrected chi connectivity index (χ2v) is 5.45. The Morgan fingerprint density at radius 2 is 1.83 bits per heavy atom. The number of benzene rings is 1. The van der Waals surface area contributed by atoms with Gasteiger partial charge in [-0.25, -0.2) is 0 Å². The van der Waals surface area contributed by atoms with Crippen LogP contribution in [0.2, 0.25) is 0 Å². The van der Waals surface area contributed by atoms with Gasteiger partial charge in [-0.3, -0.25) is 0 Å². The second kappa shape index (κ2) is 4.74. The third-order valence-corrected chi connectivity index (χ3v) is 4.46. The van der Waals surface area contributed by atoms with Crippen molar-refractivity contribution in [1.29, 1.82) is 5.26 Å². The summed E-state index contributed by atoms with van der Waals surface area (Å²) >= 11 is 0. The Balaban J connectivity index is 2.39. The minimum Gasteiger partial charge on any atom is -0.388 e. The van der Waals surface area contributed by atoms with Gasteiger partial charge in [0.15, 0.2) is 0 Å². The van der Waals surface area contributed by atoms with E-state index in [1.54, 1.807) is 0 Å². The SMILES string of the molecule is CCCC(O)(CC)C1(C#N)Cc2ccccc2C1. The van der Waals surface area contributed by atoms with Crippen LogP contribution in [0.1, 0.15) is 44.2 Å². The Bertz CT molecular complexity index is 449. The van der Waals surface area contributed by atoms with Gasteiger partial charge in [-0.05, 0) is 36.8 Å². The van der Waals surface area contributed by atoms with Gasteiger partial charge < -0.3 is 5.11 Å². The molecule has 1 atom stereocenters. The topological polar surface area (TPSA) is 44.0 Å². The molecule has 0 radical (unpaired) electrons. The van der Waals surface area contributed by atoms with E-state index in [4.69, 9.17) is 0 Å². The van der Waals surface area contributed by atoms with E-state index in [2.05, 4.69) is 25.1 Å². The molecule has 2 heteroatoms. The lowest BCUT2D eigenvalue weighted by Crippen LogP contribution is -2.48. The van der Waals surface area contributed by atoms with Crippen molar-refractivity contribution in [3.8, 4) is 6.07 Å². The van der Waals surface area contributed by atoms with Crippen LogP contribution in [0.15, 0.2) is 24.3 Å². The highest BCUT2D eigenvalue weighted by molar-refractivity contribution is 5.39. The lowest BCUT2D eigenvalue weighted by atomic mass is 9.67. The average Bonchev–Trinajstić information content (AvgIpc) is 2.79. The molecule has 1 N–H and O–H groups in total. The summed E-state index contributed by atoms with van der Waals surface area (Å²) in [5.41, 5.74) is 0.945. The van der Waals surface area contributed by atoms with Crippen molar-refractivity contribution in [3.63, 3.8) is 0 Å². The van der Waals surface area contributed by atoms with Gasteiger partial charge in [0.1, 0.15) is 0 Å². The Kier molecular flexibility index (Phi) is 3.45. The number of hydrogen-bond acceptors (Lipinski definition) is 2. The van der Waals surface area contributed by atoms with Crippen LogP contribution >= 0.6 is 0 Å². The van der Waals surface area contributed by atoms with Crippen molar-refractivity contribution in [2.24, 2.45) is 5.41 Å². The van der Waals surface area contributed by atoms with Crippen LogP contribution in [0, 0.1) is 16.7 Å². The third-order valence-electron chi connectivity index (χ3n) is 4.46. The summed E-state index contributed by atoms with van der Waals surface area (Å²) in [5, 5.41) is 20.6. The molecule has 1 aromatic rings. The van der Waals surface area contributed by atoms with Crippen molar-refractivity contribution in [2.75, 3.05) is 0 Å². The Labute approximate surface area is 109 Å². The third kappa shape index (κ3) is 1.83. The summed E-state index contributed by atoms with van der Waals surface area (Å²) in [6.07, 6.45) is 3.62. The van der Waals surface area contributed by atoms with E-state index in [1.807, 2.05) is 19.1 Å². The predicted octanol–water partition coefficient (Wildman–Crippen LogP) is 3.24. The maximum atomic E-state index is 10.9. The number of fused-ring (bicyclic) bond motifs is 1. The molecule has 1 aromatic carbocycles. The first kappa shape index (κ1) is 13.1. The quantitative estimate of drug-likeness (QED) is 0.882. The molecule has 0 heterocycles. The molecule has 0 saturated heterocycles.